The summed E-state index contributed by atoms with van der Waals surface area (Å²) in [5, 5.41) is 12.4. The third-order valence-corrected chi connectivity index (χ3v) is 4.92. The lowest BCUT2D eigenvalue weighted by Crippen LogP contribution is -2.41. The summed E-state index contributed by atoms with van der Waals surface area (Å²) in [4.78, 5) is 11.0. The predicted octanol–water partition coefficient (Wildman–Crippen LogP) is 0.558. The standard InChI is InChI=1S/C9H14ClN3O4S2/c1-13-8(6(10)5-11-13)19(16,17)12-7(9(14)15)3-4-18-2/h5,7,12H,3-4H2,1-2H3,(H,14,15)/t7-/m0/s1. The fourth-order valence-corrected chi connectivity index (χ4v) is 3.76. The van der Waals surface area contributed by atoms with E-state index in [2.05, 4.69) is 9.82 Å². The van der Waals surface area contributed by atoms with Gasteiger partial charge in [0.05, 0.1) is 11.2 Å². The maximum Gasteiger partial charge on any atom is 0.321 e. The minimum atomic E-state index is -4.02. The second-order valence-electron chi connectivity index (χ2n) is 3.71. The molecule has 1 rings (SSSR count). The van der Waals surface area contributed by atoms with Crippen LogP contribution in [0.25, 0.3) is 0 Å². The normalized spacial score (nSPS) is 13.4. The minimum absolute atomic E-state index is 0.0518. The van der Waals surface area contributed by atoms with Crippen LogP contribution in [0.3, 0.4) is 0 Å². The number of nitrogens with zero attached hydrogens (tertiary/aromatic N) is 2. The number of halogens is 1. The largest absolute Gasteiger partial charge is 0.480 e. The molecular formula is C9H14ClN3O4S2. The lowest BCUT2D eigenvalue weighted by atomic mass is 10.2. The van der Waals surface area contributed by atoms with E-state index in [-0.39, 0.29) is 16.5 Å². The summed E-state index contributed by atoms with van der Waals surface area (Å²) in [5.74, 6) is -0.700. The summed E-state index contributed by atoms with van der Waals surface area (Å²) >= 11 is 7.18. The predicted molar refractivity (Wildman–Crippen MR) is 73.0 cm³/mol. The Morgan fingerprint density at radius 2 is 2.32 bits per heavy atom. The quantitative estimate of drug-likeness (QED) is 0.758. The third-order valence-electron chi connectivity index (χ3n) is 2.30. The van der Waals surface area contributed by atoms with E-state index in [9.17, 15) is 13.2 Å². The molecule has 0 saturated carbocycles. The molecule has 0 aromatic carbocycles. The molecule has 0 aliphatic carbocycles. The Morgan fingerprint density at radius 3 is 2.74 bits per heavy atom. The van der Waals surface area contributed by atoms with Gasteiger partial charge in [-0.05, 0) is 18.4 Å². The zero-order valence-electron chi connectivity index (χ0n) is 10.3. The van der Waals surface area contributed by atoms with E-state index in [1.54, 1.807) is 0 Å². The van der Waals surface area contributed by atoms with Gasteiger partial charge in [0.15, 0.2) is 5.03 Å². The van der Waals surface area contributed by atoms with Crippen molar-refractivity contribution in [1.29, 1.82) is 0 Å². The van der Waals surface area contributed by atoms with Gasteiger partial charge >= 0.3 is 5.97 Å². The number of aryl methyl sites for hydroxylation is 1. The number of carboxylic acids is 1. The summed E-state index contributed by atoms with van der Waals surface area (Å²) in [6.45, 7) is 0. The molecule has 2 N–H and O–H groups in total. The molecule has 0 aliphatic heterocycles. The van der Waals surface area contributed by atoms with Gasteiger partial charge in [-0.25, -0.2) is 8.42 Å². The Hall–Kier alpha value is -0.770. The van der Waals surface area contributed by atoms with Crippen molar-refractivity contribution in [1.82, 2.24) is 14.5 Å². The van der Waals surface area contributed by atoms with Crippen molar-refractivity contribution >= 4 is 39.4 Å². The zero-order chi connectivity index (χ0) is 14.6. The lowest BCUT2D eigenvalue weighted by Gasteiger charge is -2.14. The minimum Gasteiger partial charge on any atom is -0.480 e. The zero-order valence-corrected chi connectivity index (χ0v) is 12.7. The van der Waals surface area contributed by atoms with Crippen LogP contribution in [0.2, 0.25) is 5.02 Å². The van der Waals surface area contributed by atoms with Crippen molar-refractivity contribution in [3.05, 3.63) is 11.2 Å². The summed E-state index contributed by atoms with van der Waals surface area (Å²) in [6.07, 6.45) is 3.18. The SMILES string of the molecule is CSCC[C@H](NS(=O)(=O)c1c(Cl)cnn1C)C(=O)O. The number of rotatable bonds is 7. The molecule has 0 radical (unpaired) electrons. The first-order chi connectivity index (χ1) is 8.79. The van der Waals surface area contributed by atoms with Gasteiger partial charge in [0.25, 0.3) is 10.0 Å². The van der Waals surface area contributed by atoms with Crippen LogP contribution in [0.1, 0.15) is 6.42 Å². The molecular weight excluding hydrogens is 314 g/mol. The molecule has 1 heterocycles. The molecule has 0 fully saturated rings. The van der Waals surface area contributed by atoms with Crippen molar-refractivity contribution in [3.63, 3.8) is 0 Å². The second kappa shape index (κ2) is 6.60. The average molecular weight is 328 g/mol. The number of hydrogen-bond donors (Lipinski definition) is 2. The van der Waals surface area contributed by atoms with Crippen molar-refractivity contribution in [2.45, 2.75) is 17.5 Å². The molecule has 19 heavy (non-hydrogen) atoms. The number of sulfonamides is 1. The maximum absolute atomic E-state index is 12.1. The summed E-state index contributed by atoms with van der Waals surface area (Å²) in [7, 11) is -2.61. The lowest BCUT2D eigenvalue weighted by molar-refractivity contribution is -0.139. The fourth-order valence-electron chi connectivity index (χ4n) is 1.41. The summed E-state index contributed by atoms with van der Waals surface area (Å²) in [6, 6.07) is -1.19. The number of carbonyl (C=O) groups is 1. The molecule has 1 aromatic rings. The van der Waals surface area contributed by atoms with E-state index >= 15 is 0 Å². The van der Waals surface area contributed by atoms with E-state index in [0.29, 0.717) is 5.75 Å². The molecule has 0 amide bonds. The maximum atomic E-state index is 12.1. The highest BCUT2D eigenvalue weighted by Gasteiger charge is 2.29. The molecule has 0 aliphatic rings. The molecule has 1 atom stereocenters. The number of aromatic nitrogens is 2. The molecule has 10 heteroatoms. The van der Waals surface area contributed by atoms with Gasteiger partial charge in [-0.1, -0.05) is 11.6 Å². The van der Waals surface area contributed by atoms with Crippen LogP contribution in [0.4, 0.5) is 0 Å². The Labute approximate surface area is 120 Å². The first-order valence-corrected chi connectivity index (χ1v) is 8.46. The molecule has 7 nitrogen and oxygen atoms in total. The number of nitrogens with one attached hydrogen (secondary N) is 1. The van der Waals surface area contributed by atoms with Gasteiger partial charge in [-0.2, -0.15) is 21.6 Å². The van der Waals surface area contributed by atoms with Gasteiger partial charge in [-0.3, -0.25) is 9.48 Å². The Morgan fingerprint density at radius 1 is 1.68 bits per heavy atom. The number of thioether (sulfide) groups is 1. The highest BCUT2D eigenvalue weighted by molar-refractivity contribution is 7.98. The second-order valence-corrected chi connectivity index (χ2v) is 6.74. The molecule has 0 spiro atoms. The number of carboxylic acid groups (broad SMARTS) is 1. The van der Waals surface area contributed by atoms with E-state index in [0.717, 1.165) is 4.68 Å². The number of aliphatic carboxylic acids is 1. The van der Waals surface area contributed by atoms with Gasteiger partial charge in [-0.15, -0.1) is 0 Å². The van der Waals surface area contributed by atoms with Gasteiger partial charge < -0.3 is 5.11 Å². The molecule has 0 bridgehead atoms. The molecule has 0 saturated heterocycles. The first kappa shape index (κ1) is 16.3. The van der Waals surface area contributed by atoms with Crippen LogP contribution in [-0.2, 0) is 21.9 Å². The molecule has 1 aromatic heterocycles. The summed E-state index contributed by atoms with van der Waals surface area (Å²) in [5.41, 5.74) is 0. The molecule has 0 unspecified atom stereocenters. The third kappa shape index (κ3) is 4.10. The summed E-state index contributed by atoms with van der Waals surface area (Å²) < 4.78 is 27.4. The van der Waals surface area contributed by atoms with Crippen LogP contribution >= 0.6 is 23.4 Å². The van der Waals surface area contributed by atoms with E-state index in [4.69, 9.17) is 16.7 Å². The van der Waals surface area contributed by atoms with Gasteiger partial charge in [0.1, 0.15) is 6.04 Å². The van der Waals surface area contributed by atoms with Crippen molar-refractivity contribution in [2.75, 3.05) is 12.0 Å². The van der Waals surface area contributed by atoms with Gasteiger partial charge in [0.2, 0.25) is 0 Å². The van der Waals surface area contributed by atoms with Crippen LogP contribution in [-0.4, -0.2) is 47.3 Å². The average Bonchev–Trinajstić information content (AvgIpc) is 2.64. The highest BCUT2D eigenvalue weighted by Crippen LogP contribution is 2.20. The Balaban J connectivity index is 2.98. The van der Waals surface area contributed by atoms with Crippen molar-refractivity contribution < 1.29 is 18.3 Å². The fraction of sp³-hybridized carbons (Fsp3) is 0.556. The van der Waals surface area contributed by atoms with Crippen LogP contribution in [0.5, 0.6) is 0 Å². The monoisotopic (exact) mass is 327 g/mol. The number of hydrogen-bond acceptors (Lipinski definition) is 5. The van der Waals surface area contributed by atoms with E-state index in [1.165, 1.54) is 25.0 Å². The van der Waals surface area contributed by atoms with Crippen LogP contribution in [0, 0.1) is 0 Å². The van der Waals surface area contributed by atoms with E-state index in [1.807, 2.05) is 6.26 Å². The highest BCUT2D eigenvalue weighted by atomic mass is 35.5. The van der Waals surface area contributed by atoms with E-state index < -0.39 is 22.0 Å². The van der Waals surface area contributed by atoms with Crippen molar-refractivity contribution in [2.24, 2.45) is 7.05 Å². The van der Waals surface area contributed by atoms with Crippen LogP contribution < -0.4 is 4.72 Å². The van der Waals surface area contributed by atoms with Crippen molar-refractivity contribution in [3.8, 4) is 0 Å². The van der Waals surface area contributed by atoms with Gasteiger partial charge in [0, 0.05) is 7.05 Å². The smallest absolute Gasteiger partial charge is 0.321 e. The Kier molecular flexibility index (Phi) is 5.65. The topological polar surface area (TPSA) is 101 Å². The van der Waals surface area contributed by atoms with Crippen LogP contribution in [0.15, 0.2) is 11.2 Å². The Bertz CT molecular complexity index is 538. The first-order valence-electron chi connectivity index (χ1n) is 5.21. The molecule has 108 valence electrons.